The predicted octanol–water partition coefficient (Wildman–Crippen LogP) is 2.34. The van der Waals surface area contributed by atoms with E-state index in [0.717, 1.165) is 40.9 Å². The summed E-state index contributed by atoms with van der Waals surface area (Å²) >= 11 is 0. The molecule has 5 rings (SSSR count). The molecule has 4 heterocycles. The van der Waals surface area contributed by atoms with Gasteiger partial charge < -0.3 is 19.6 Å². The highest BCUT2D eigenvalue weighted by Crippen LogP contribution is 2.27. The first-order valence-corrected chi connectivity index (χ1v) is 8.00. The Morgan fingerprint density at radius 2 is 1.96 bits per heavy atom. The minimum absolute atomic E-state index is 0.690. The van der Waals surface area contributed by atoms with Crippen molar-refractivity contribution in [2.75, 3.05) is 31.2 Å². The number of benzene rings is 1. The first-order chi connectivity index (χ1) is 11.9. The van der Waals surface area contributed by atoms with Gasteiger partial charge in [-0.3, -0.25) is 0 Å². The van der Waals surface area contributed by atoms with Crippen LogP contribution < -0.4 is 4.90 Å². The van der Waals surface area contributed by atoms with E-state index in [0.29, 0.717) is 24.7 Å². The maximum atomic E-state index is 5.45. The molecule has 1 aromatic carbocycles. The fourth-order valence-corrected chi connectivity index (χ4v) is 3.14. The van der Waals surface area contributed by atoms with Crippen molar-refractivity contribution in [1.29, 1.82) is 0 Å². The van der Waals surface area contributed by atoms with Gasteiger partial charge in [0.05, 0.1) is 19.5 Å². The molecular formula is C17H16N6O. The van der Waals surface area contributed by atoms with Crippen molar-refractivity contribution in [2.45, 2.75) is 0 Å². The van der Waals surface area contributed by atoms with Gasteiger partial charge in [-0.15, -0.1) is 0 Å². The van der Waals surface area contributed by atoms with E-state index < -0.39 is 0 Å². The summed E-state index contributed by atoms with van der Waals surface area (Å²) in [7, 11) is 0. The van der Waals surface area contributed by atoms with Crippen LogP contribution in [-0.4, -0.2) is 51.2 Å². The summed E-state index contributed by atoms with van der Waals surface area (Å²) in [4.78, 5) is 22.4. The van der Waals surface area contributed by atoms with Crippen LogP contribution in [0.2, 0.25) is 0 Å². The minimum atomic E-state index is 0.690. The fourth-order valence-electron chi connectivity index (χ4n) is 3.14. The summed E-state index contributed by atoms with van der Waals surface area (Å²) in [6.07, 6.45) is 3.60. The third kappa shape index (κ3) is 2.13. The number of H-pyrrole nitrogens is 2. The lowest BCUT2D eigenvalue weighted by atomic mass is 10.1. The molecule has 1 aliphatic heterocycles. The van der Waals surface area contributed by atoms with E-state index in [2.05, 4.69) is 43.0 Å². The highest BCUT2D eigenvalue weighted by atomic mass is 16.5. The van der Waals surface area contributed by atoms with Gasteiger partial charge in [0.1, 0.15) is 5.52 Å². The Balaban J connectivity index is 1.67. The second kappa shape index (κ2) is 5.31. The van der Waals surface area contributed by atoms with E-state index in [-0.39, 0.29) is 0 Å². The monoisotopic (exact) mass is 320 g/mol. The van der Waals surface area contributed by atoms with Crippen LogP contribution in [0.25, 0.3) is 33.5 Å². The molecule has 0 unspecified atom stereocenters. The predicted molar refractivity (Wildman–Crippen MR) is 92.0 cm³/mol. The SMILES string of the molecule is c1cc2cc(-c3nc(N4CCOCC4)c4[nH]cnc4n3)ccc2[nH]1. The molecular weight excluding hydrogens is 304 g/mol. The maximum absolute atomic E-state index is 5.45. The van der Waals surface area contributed by atoms with Crippen LogP contribution in [0.3, 0.4) is 0 Å². The molecule has 0 aliphatic carbocycles. The normalized spacial score (nSPS) is 15.4. The van der Waals surface area contributed by atoms with Crippen molar-refractivity contribution in [3.63, 3.8) is 0 Å². The Morgan fingerprint density at radius 3 is 2.88 bits per heavy atom. The number of aromatic amines is 2. The number of hydrogen-bond acceptors (Lipinski definition) is 5. The van der Waals surface area contributed by atoms with Crippen LogP contribution in [0.15, 0.2) is 36.8 Å². The van der Waals surface area contributed by atoms with E-state index in [1.165, 1.54) is 0 Å². The molecule has 120 valence electrons. The number of rotatable bonds is 2. The molecule has 1 saturated heterocycles. The zero-order valence-corrected chi connectivity index (χ0v) is 13.0. The first-order valence-electron chi connectivity index (χ1n) is 8.00. The van der Waals surface area contributed by atoms with Gasteiger partial charge in [0.2, 0.25) is 0 Å². The molecule has 4 aromatic rings. The third-order valence-electron chi connectivity index (χ3n) is 4.39. The number of nitrogens with one attached hydrogen (secondary N) is 2. The number of fused-ring (bicyclic) bond motifs is 2. The standard InChI is InChI=1S/C17H16N6O/c1-2-13-11(3-4-18-13)9-12(1)15-21-16-14(19-10-20-16)17(22-15)23-5-7-24-8-6-23/h1-4,9-10,18H,5-8H2,(H,19,20,21,22). The van der Waals surface area contributed by atoms with Crippen LogP contribution in [0, 0.1) is 0 Å². The van der Waals surface area contributed by atoms with Crippen molar-refractivity contribution in [3.05, 3.63) is 36.8 Å². The van der Waals surface area contributed by atoms with Crippen molar-refractivity contribution in [3.8, 4) is 11.4 Å². The van der Waals surface area contributed by atoms with Crippen LogP contribution in [0.1, 0.15) is 0 Å². The molecule has 1 aliphatic rings. The van der Waals surface area contributed by atoms with Crippen molar-refractivity contribution in [2.24, 2.45) is 0 Å². The molecule has 0 saturated carbocycles. The molecule has 24 heavy (non-hydrogen) atoms. The topological polar surface area (TPSA) is 82.7 Å². The van der Waals surface area contributed by atoms with Crippen molar-refractivity contribution >= 4 is 27.9 Å². The van der Waals surface area contributed by atoms with Crippen LogP contribution in [-0.2, 0) is 4.74 Å². The molecule has 1 fully saturated rings. The smallest absolute Gasteiger partial charge is 0.183 e. The van der Waals surface area contributed by atoms with Gasteiger partial charge in [-0.2, -0.15) is 0 Å². The van der Waals surface area contributed by atoms with Crippen LogP contribution in [0.5, 0.6) is 0 Å². The number of aromatic nitrogens is 5. The van der Waals surface area contributed by atoms with Gasteiger partial charge in [-0.1, -0.05) is 0 Å². The Bertz CT molecular complexity index is 1010. The van der Waals surface area contributed by atoms with E-state index in [1.807, 2.05) is 12.3 Å². The Hall–Kier alpha value is -2.93. The van der Waals surface area contributed by atoms with Gasteiger partial charge in [0, 0.05) is 35.8 Å². The minimum Gasteiger partial charge on any atom is -0.378 e. The summed E-state index contributed by atoms with van der Waals surface area (Å²) in [6.45, 7) is 3.07. The lowest BCUT2D eigenvalue weighted by Gasteiger charge is -2.28. The zero-order valence-electron chi connectivity index (χ0n) is 13.0. The number of imidazole rings is 1. The second-order valence-electron chi connectivity index (χ2n) is 5.85. The third-order valence-corrected chi connectivity index (χ3v) is 4.39. The zero-order chi connectivity index (χ0) is 15.9. The largest absolute Gasteiger partial charge is 0.378 e. The van der Waals surface area contributed by atoms with E-state index in [1.54, 1.807) is 6.33 Å². The quantitative estimate of drug-likeness (QED) is 0.592. The summed E-state index contributed by atoms with van der Waals surface area (Å²) < 4.78 is 5.45. The Kier molecular flexibility index (Phi) is 2.99. The molecule has 3 aromatic heterocycles. The van der Waals surface area contributed by atoms with E-state index >= 15 is 0 Å². The molecule has 2 N–H and O–H groups in total. The van der Waals surface area contributed by atoms with Gasteiger partial charge in [0.25, 0.3) is 0 Å². The Morgan fingerprint density at radius 1 is 1.04 bits per heavy atom. The van der Waals surface area contributed by atoms with Crippen molar-refractivity contribution < 1.29 is 4.74 Å². The number of ether oxygens (including phenoxy) is 1. The summed E-state index contributed by atoms with van der Waals surface area (Å²) in [5.74, 6) is 1.59. The van der Waals surface area contributed by atoms with Gasteiger partial charge in [-0.25, -0.2) is 15.0 Å². The summed E-state index contributed by atoms with van der Waals surface area (Å²) in [6, 6.07) is 8.24. The molecule has 0 bridgehead atoms. The summed E-state index contributed by atoms with van der Waals surface area (Å²) in [5.41, 5.74) is 3.66. The summed E-state index contributed by atoms with van der Waals surface area (Å²) in [5, 5.41) is 1.14. The van der Waals surface area contributed by atoms with E-state index in [4.69, 9.17) is 9.72 Å². The highest BCUT2D eigenvalue weighted by molar-refractivity contribution is 5.87. The van der Waals surface area contributed by atoms with E-state index in [9.17, 15) is 0 Å². The Labute approximate surface area is 137 Å². The second-order valence-corrected chi connectivity index (χ2v) is 5.85. The lowest BCUT2D eigenvalue weighted by Crippen LogP contribution is -2.37. The molecule has 0 radical (unpaired) electrons. The number of morpholine rings is 1. The van der Waals surface area contributed by atoms with Crippen LogP contribution in [0.4, 0.5) is 5.82 Å². The average Bonchev–Trinajstić information content (AvgIpc) is 3.29. The number of hydrogen-bond donors (Lipinski definition) is 2. The van der Waals surface area contributed by atoms with Crippen molar-refractivity contribution in [1.82, 2.24) is 24.9 Å². The molecule has 7 nitrogen and oxygen atoms in total. The molecule has 0 spiro atoms. The average molecular weight is 320 g/mol. The van der Waals surface area contributed by atoms with Gasteiger partial charge >= 0.3 is 0 Å². The molecule has 0 amide bonds. The number of anilines is 1. The van der Waals surface area contributed by atoms with Gasteiger partial charge in [0.15, 0.2) is 17.3 Å². The number of nitrogens with zero attached hydrogens (tertiary/aromatic N) is 4. The molecule has 0 atom stereocenters. The highest BCUT2D eigenvalue weighted by Gasteiger charge is 2.19. The first kappa shape index (κ1) is 13.5. The fraction of sp³-hybridized carbons (Fsp3) is 0.235. The molecule has 7 heteroatoms. The lowest BCUT2D eigenvalue weighted by molar-refractivity contribution is 0.122. The van der Waals surface area contributed by atoms with Gasteiger partial charge in [-0.05, 0) is 24.3 Å². The maximum Gasteiger partial charge on any atom is 0.183 e. The van der Waals surface area contributed by atoms with Crippen LogP contribution >= 0.6 is 0 Å².